The van der Waals surface area contributed by atoms with Gasteiger partial charge < -0.3 is 10.1 Å². The summed E-state index contributed by atoms with van der Waals surface area (Å²) in [5.41, 5.74) is 1.23. The van der Waals surface area contributed by atoms with Crippen molar-refractivity contribution in [2.75, 3.05) is 13.2 Å². The number of hydrogen-bond acceptors (Lipinski definition) is 2. The zero-order chi connectivity index (χ0) is 13.9. The highest BCUT2D eigenvalue weighted by molar-refractivity contribution is 9.10. The fourth-order valence-electron chi connectivity index (χ4n) is 1.99. The number of ether oxygens (including phenoxy) is 1. The van der Waals surface area contributed by atoms with Crippen LogP contribution in [0.15, 0.2) is 22.7 Å². The lowest BCUT2D eigenvalue weighted by Gasteiger charge is -2.13. The normalized spacial score (nSPS) is 10.7. The van der Waals surface area contributed by atoms with Crippen molar-refractivity contribution in [2.45, 2.75) is 52.5 Å². The van der Waals surface area contributed by atoms with Crippen LogP contribution in [0.3, 0.4) is 0 Å². The predicted octanol–water partition coefficient (Wildman–Crippen LogP) is 4.91. The second-order valence-corrected chi connectivity index (χ2v) is 5.63. The fraction of sp³-hybridized carbons (Fsp3) is 0.625. The fourth-order valence-corrected chi connectivity index (χ4v) is 2.52. The van der Waals surface area contributed by atoms with E-state index in [-0.39, 0.29) is 0 Å². The van der Waals surface area contributed by atoms with Crippen LogP contribution in [0.1, 0.15) is 51.5 Å². The highest BCUT2D eigenvalue weighted by atomic mass is 79.9. The van der Waals surface area contributed by atoms with Crippen molar-refractivity contribution >= 4 is 15.9 Å². The van der Waals surface area contributed by atoms with Gasteiger partial charge in [0.2, 0.25) is 0 Å². The predicted molar refractivity (Wildman–Crippen MR) is 85.8 cm³/mol. The van der Waals surface area contributed by atoms with Crippen LogP contribution in [0.4, 0.5) is 0 Å². The molecule has 1 aromatic carbocycles. The minimum absolute atomic E-state index is 0.811. The van der Waals surface area contributed by atoms with E-state index >= 15 is 0 Å². The first kappa shape index (κ1) is 16.5. The van der Waals surface area contributed by atoms with Crippen LogP contribution in [-0.2, 0) is 6.54 Å². The summed E-state index contributed by atoms with van der Waals surface area (Å²) in [7, 11) is 0. The van der Waals surface area contributed by atoms with E-state index in [9.17, 15) is 0 Å². The van der Waals surface area contributed by atoms with E-state index in [2.05, 4.69) is 47.2 Å². The second-order valence-electron chi connectivity index (χ2n) is 4.77. The Morgan fingerprint density at radius 3 is 2.63 bits per heavy atom. The van der Waals surface area contributed by atoms with Crippen LogP contribution < -0.4 is 10.1 Å². The van der Waals surface area contributed by atoms with Crippen molar-refractivity contribution in [1.29, 1.82) is 0 Å². The molecule has 0 saturated carbocycles. The molecular formula is C16H26BrNO. The summed E-state index contributed by atoms with van der Waals surface area (Å²) in [4.78, 5) is 0. The van der Waals surface area contributed by atoms with Gasteiger partial charge in [0.05, 0.1) is 11.1 Å². The van der Waals surface area contributed by atoms with Gasteiger partial charge in [0.15, 0.2) is 0 Å². The molecule has 0 aliphatic heterocycles. The van der Waals surface area contributed by atoms with Crippen LogP contribution in [0.5, 0.6) is 5.75 Å². The summed E-state index contributed by atoms with van der Waals surface area (Å²) in [5, 5.41) is 3.35. The SMILES string of the molecule is CCCCCCCOc1c(Br)cccc1CNCC. The molecule has 0 atom stereocenters. The van der Waals surface area contributed by atoms with E-state index in [1.54, 1.807) is 0 Å². The molecule has 0 fully saturated rings. The third kappa shape index (κ3) is 6.44. The third-order valence-corrected chi connectivity index (χ3v) is 3.73. The van der Waals surface area contributed by atoms with Gasteiger partial charge in [-0.05, 0) is 35.0 Å². The molecule has 0 heterocycles. The van der Waals surface area contributed by atoms with Crippen LogP contribution in [0.25, 0.3) is 0 Å². The number of benzene rings is 1. The lowest BCUT2D eigenvalue weighted by atomic mass is 10.1. The Labute approximate surface area is 126 Å². The summed E-state index contributed by atoms with van der Waals surface area (Å²) in [6.45, 7) is 7.01. The van der Waals surface area contributed by atoms with Gasteiger partial charge in [-0.1, -0.05) is 51.7 Å². The van der Waals surface area contributed by atoms with E-state index in [0.29, 0.717) is 0 Å². The molecule has 1 N–H and O–H groups in total. The maximum absolute atomic E-state index is 5.96. The van der Waals surface area contributed by atoms with Gasteiger partial charge in [0.25, 0.3) is 0 Å². The Bertz CT molecular complexity index is 355. The Morgan fingerprint density at radius 2 is 1.89 bits per heavy atom. The highest BCUT2D eigenvalue weighted by Crippen LogP contribution is 2.29. The molecule has 0 aromatic heterocycles. The number of nitrogens with one attached hydrogen (secondary N) is 1. The Morgan fingerprint density at radius 1 is 1.11 bits per heavy atom. The van der Waals surface area contributed by atoms with Crippen LogP contribution in [0.2, 0.25) is 0 Å². The molecule has 19 heavy (non-hydrogen) atoms. The first-order valence-corrected chi connectivity index (χ1v) is 8.19. The van der Waals surface area contributed by atoms with Gasteiger partial charge in [-0.2, -0.15) is 0 Å². The largest absolute Gasteiger partial charge is 0.492 e. The molecular weight excluding hydrogens is 302 g/mol. The minimum atomic E-state index is 0.811. The van der Waals surface area contributed by atoms with Crippen molar-refractivity contribution in [2.24, 2.45) is 0 Å². The number of halogens is 1. The van der Waals surface area contributed by atoms with Crippen LogP contribution in [0, 0.1) is 0 Å². The number of hydrogen-bond donors (Lipinski definition) is 1. The summed E-state index contributed by atoms with van der Waals surface area (Å²) in [6.07, 6.45) is 6.35. The summed E-state index contributed by atoms with van der Waals surface area (Å²) >= 11 is 3.58. The first-order chi connectivity index (χ1) is 9.29. The quantitative estimate of drug-likeness (QED) is 0.616. The molecule has 0 spiro atoms. The maximum atomic E-state index is 5.96. The van der Waals surface area contributed by atoms with Crippen molar-refractivity contribution < 1.29 is 4.74 Å². The topological polar surface area (TPSA) is 21.3 Å². The van der Waals surface area contributed by atoms with Crippen molar-refractivity contribution in [1.82, 2.24) is 5.32 Å². The van der Waals surface area contributed by atoms with Gasteiger partial charge in [-0.3, -0.25) is 0 Å². The van der Waals surface area contributed by atoms with Gasteiger partial charge in [-0.25, -0.2) is 0 Å². The molecule has 0 bridgehead atoms. The summed E-state index contributed by atoms with van der Waals surface area (Å²) in [5.74, 6) is 0.999. The van der Waals surface area contributed by atoms with Crippen LogP contribution in [-0.4, -0.2) is 13.2 Å². The van der Waals surface area contributed by atoms with E-state index in [4.69, 9.17) is 4.74 Å². The average molecular weight is 328 g/mol. The molecule has 1 rings (SSSR count). The van der Waals surface area contributed by atoms with E-state index < -0.39 is 0 Å². The second kappa shape index (κ2) is 10.3. The molecule has 0 unspecified atom stereocenters. The zero-order valence-electron chi connectivity index (χ0n) is 12.2. The summed E-state index contributed by atoms with van der Waals surface area (Å²) in [6, 6.07) is 6.23. The molecule has 0 amide bonds. The average Bonchev–Trinajstić information content (AvgIpc) is 2.42. The molecule has 0 aliphatic rings. The molecule has 108 valence electrons. The molecule has 3 heteroatoms. The minimum Gasteiger partial charge on any atom is -0.492 e. The molecule has 0 radical (unpaired) electrons. The molecule has 0 saturated heterocycles. The third-order valence-electron chi connectivity index (χ3n) is 3.11. The first-order valence-electron chi connectivity index (χ1n) is 7.40. The maximum Gasteiger partial charge on any atom is 0.137 e. The van der Waals surface area contributed by atoms with E-state index in [0.717, 1.165) is 36.3 Å². The monoisotopic (exact) mass is 327 g/mol. The molecule has 0 aliphatic carbocycles. The van der Waals surface area contributed by atoms with Crippen molar-refractivity contribution in [3.05, 3.63) is 28.2 Å². The van der Waals surface area contributed by atoms with Crippen molar-refractivity contribution in [3.63, 3.8) is 0 Å². The van der Waals surface area contributed by atoms with Gasteiger partial charge >= 0.3 is 0 Å². The Balaban J connectivity index is 2.42. The summed E-state index contributed by atoms with van der Waals surface area (Å²) < 4.78 is 7.01. The highest BCUT2D eigenvalue weighted by Gasteiger charge is 2.07. The molecule has 2 nitrogen and oxygen atoms in total. The zero-order valence-corrected chi connectivity index (χ0v) is 13.8. The molecule has 1 aromatic rings. The number of unbranched alkanes of at least 4 members (excludes halogenated alkanes) is 4. The van der Waals surface area contributed by atoms with Gasteiger partial charge in [-0.15, -0.1) is 0 Å². The van der Waals surface area contributed by atoms with Gasteiger partial charge in [0.1, 0.15) is 5.75 Å². The van der Waals surface area contributed by atoms with Crippen LogP contribution >= 0.6 is 15.9 Å². The smallest absolute Gasteiger partial charge is 0.137 e. The van der Waals surface area contributed by atoms with E-state index in [1.807, 2.05) is 6.07 Å². The van der Waals surface area contributed by atoms with E-state index in [1.165, 1.54) is 31.2 Å². The van der Waals surface area contributed by atoms with Gasteiger partial charge in [0, 0.05) is 12.1 Å². The number of rotatable bonds is 10. The Kier molecular flexibility index (Phi) is 8.93. The standard InChI is InChI=1S/C16H26BrNO/c1-3-5-6-7-8-12-19-16-14(13-18-4-2)10-9-11-15(16)17/h9-11,18H,3-8,12-13H2,1-2H3. The lowest BCUT2D eigenvalue weighted by molar-refractivity contribution is 0.299. The Hall–Kier alpha value is -0.540. The lowest BCUT2D eigenvalue weighted by Crippen LogP contribution is -2.13. The van der Waals surface area contributed by atoms with Crippen molar-refractivity contribution in [3.8, 4) is 5.75 Å². The number of para-hydroxylation sites is 1.